The Labute approximate surface area is 148 Å². The number of nitrogens with zero attached hydrogens (tertiary/aromatic N) is 3. The molecule has 0 atom stereocenters. The van der Waals surface area contributed by atoms with Gasteiger partial charge >= 0.3 is 0 Å². The number of aromatic nitrogens is 3. The predicted octanol–water partition coefficient (Wildman–Crippen LogP) is 2.83. The molecule has 0 aliphatic carbocycles. The molecule has 0 unspecified atom stereocenters. The van der Waals surface area contributed by atoms with Gasteiger partial charge in [-0.15, -0.1) is 0 Å². The third kappa shape index (κ3) is 3.69. The third-order valence-electron chi connectivity index (χ3n) is 3.60. The second kappa shape index (κ2) is 7.18. The fraction of sp³-hybridized carbons (Fsp3) is 0.118. The van der Waals surface area contributed by atoms with Crippen LogP contribution in [-0.2, 0) is 6.42 Å². The van der Waals surface area contributed by atoms with E-state index in [9.17, 15) is 10.2 Å². The van der Waals surface area contributed by atoms with Gasteiger partial charge in [0.15, 0.2) is 17.3 Å². The van der Waals surface area contributed by atoms with E-state index in [1.165, 1.54) is 17.0 Å². The van der Waals surface area contributed by atoms with Crippen LogP contribution in [0.1, 0.15) is 17.0 Å². The lowest BCUT2D eigenvalue weighted by Gasteiger charge is -2.04. The van der Waals surface area contributed by atoms with Gasteiger partial charge in [-0.25, -0.2) is 0 Å². The normalized spacial score (nSPS) is 11.1. The quantitative estimate of drug-likeness (QED) is 0.371. The summed E-state index contributed by atoms with van der Waals surface area (Å²) in [7, 11) is 1.62. The van der Waals surface area contributed by atoms with Gasteiger partial charge in [0.2, 0.25) is 4.77 Å². The zero-order chi connectivity index (χ0) is 17.8. The van der Waals surface area contributed by atoms with Crippen molar-refractivity contribution in [3.8, 4) is 17.2 Å². The maximum Gasteiger partial charge on any atom is 0.216 e. The first-order valence-corrected chi connectivity index (χ1v) is 7.84. The second-order valence-electron chi connectivity index (χ2n) is 5.24. The Kier molecular flexibility index (Phi) is 4.80. The number of aromatic amines is 1. The molecule has 0 spiro atoms. The number of H-pyrrole nitrogens is 1. The maximum atomic E-state index is 9.84. The summed E-state index contributed by atoms with van der Waals surface area (Å²) in [5.74, 6) is 0.946. The summed E-state index contributed by atoms with van der Waals surface area (Å²) in [4.78, 5) is 0. The molecule has 0 saturated heterocycles. The lowest BCUT2D eigenvalue weighted by atomic mass is 10.1. The van der Waals surface area contributed by atoms with E-state index in [0.717, 1.165) is 11.3 Å². The van der Waals surface area contributed by atoms with E-state index >= 15 is 0 Å². The molecule has 128 valence electrons. The van der Waals surface area contributed by atoms with Crippen molar-refractivity contribution in [2.75, 3.05) is 7.11 Å². The molecule has 0 bridgehead atoms. The Hall–Kier alpha value is -3.13. The number of phenols is 2. The Morgan fingerprint density at radius 2 is 2.00 bits per heavy atom. The molecule has 0 amide bonds. The summed E-state index contributed by atoms with van der Waals surface area (Å²) in [6.45, 7) is 0. The molecule has 0 radical (unpaired) electrons. The van der Waals surface area contributed by atoms with Crippen LogP contribution < -0.4 is 4.74 Å². The fourth-order valence-corrected chi connectivity index (χ4v) is 2.45. The number of hydrogen-bond donors (Lipinski definition) is 3. The molecule has 8 heteroatoms. The van der Waals surface area contributed by atoms with Gasteiger partial charge in [0.05, 0.1) is 13.3 Å². The molecule has 0 aliphatic rings. The first kappa shape index (κ1) is 16.7. The van der Waals surface area contributed by atoms with Gasteiger partial charge in [-0.1, -0.05) is 18.2 Å². The van der Waals surface area contributed by atoms with Gasteiger partial charge in [-0.2, -0.15) is 14.9 Å². The highest BCUT2D eigenvalue weighted by Crippen LogP contribution is 2.26. The zero-order valence-electron chi connectivity index (χ0n) is 13.4. The Bertz CT molecular complexity index is 961. The largest absolute Gasteiger partial charge is 0.504 e. The average Bonchev–Trinajstić information content (AvgIpc) is 2.97. The van der Waals surface area contributed by atoms with Gasteiger partial charge < -0.3 is 14.9 Å². The van der Waals surface area contributed by atoms with Crippen molar-refractivity contribution < 1.29 is 14.9 Å². The number of benzene rings is 2. The van der Waals surface area contributed by atoms with Crippen LogP contribution in [0.2, 0.25) is 0 Å². The molecular weight excluding hydrogens is 340 g/mol. The average molecular weight is 356 g/mol. The van der Waals surface area contributed by atoms with E-state index in [4.69, 9.17) is 17.0 Å². The van der Waals surface area contributed by atoms with Crippen molar-refractivity contribution in [3.05, 3.63) is 64.2 Å². The van der Waals surface area contributed by atoms with Crippen LogP contribution in [0.5, 0.6) is 17.2 Å². The van der Waals surface area contributed by atoms with Crippen molar-refractivity contribution in [2.24, 2.45) is 5.10 Å². The van der Waals surface area contributed by atoms with Crippen LogP contribution in [0.3, 0.4) is 0 Å². The van der Waals surface area contributed by atoms with E-state index < -0.39 is 0 Å². The monoisotopic (exact) mass is 356 g/mol. The van der Waals surface area contributed by atoms with E-state index in [0.29, 0.717) is 22.6 Å². The van der Waals surface area contributed by atoms with Crippen LogP contribution >= 0.6 is 12.2 Å². The number of para-hydroxylation sites is 1. The minimum absolute atomic E-state index is 0.210. The Balaban J connectivity index is 1.87. The van der Waals surface area contributed by atoms with Crippen molar-refractivity contribution >= 4 is 18.4 Å². The molecule has 0 fully saturated rings. The van der Waals surface area contributed by atoms with E-state index in [1.807, 2.05) is 24.3 Å². The molecule has 3 rings (SSSR count). The summed E-state index contributed by atoms with van der Waals surface area (Å²) in [5.41, 5.74) is 1.39. The highest BCUT2D eigenvalue weighted by Gasteiger charge is 2.08. The van der Waals surface area contributed by atoms with E-state index in [2.05, 4.69) is 15.3 Å². The molecule has 7 nitrogen and oxygen atoms in total. The molecular formula is C17H16N4O3S. The zero-order valence-corrected chi connectivity index (χ0v) is 14.2. The maximum absolute atomic E-state index is 9.84. The summed E-state index contributed by atoms with van der Waals surface area (Å²) in [6.07, 6.45) is 1.93. The smallest absolute Gasteiger partial charge is 0.216 e. The number of aromatic hydroxyl groups is 2. The van der Waals surface area contributed by atoms with Crippen molar-refractivity contribution in [3.63, 3.8) is 0 Å². The van der Waals surface area contributed by atoms with Crippen LogP contribution in [-0.4, -0.2) is 38.4 Å². The first-order valence-electron chi connectivity index (χ1n) is 7.43. The number of phenolic OH excluding ortho intramolecular Hbond substituents is 2. The Morgan fingerprint density at radius 3 is 2.72 bits per heavy atom. The molecule has 2 aromatic carbocycles. The lowest BCUT2D eigenvalue weighted by molar-refractivity contribution is 0.403. The van der Waals surface area contributed by atoms with Crippen LogP contribution in [0, 0.1) is 4.77 Å². The van der Waals surface area contributed by atoms with Gasteiger partial charge in [-0.05, 0) is 42.0 Å². The third-order valence-corrected chi connectivity index (χ3v) is 3.86. The number of methoxy groups -OCH3 is 1. The molecule has 1 heterocycles. The first-order chi connectivity index (χ1) is 12.1. The summed E-state index contributed by atoms with van der Waals surface area (Å²) in [6, 6.07) is 12.3. The summed E-state index contributed by atoms with van der Waals surface area (Å²) >= 11 is 5.20. The minimum Gasteiger partial charge on any atom is -0.504 e. The number of ether oxygens (including phenoxy) is 1. The van der Waals surface area contributed by atoms with Gasteiger partial charge in [0.25, 0.3) is 0 Å². The number of rotatable bonds is 5. The number of hydrogen-bond acceptors (Lipinski definition) is 6. The Morgan fingerprint density at radius 1 is 1.24 bits per heavy atom. The fourth-order valence-electron chi connectivity index (χ4n) is 2.26. The molecule has 3 N–H and O–H groups in total. The van der Waals surface area contributed by atoms with Gasteiger partial charge in [0.1, 0.15) is 5.75 Å². The minimum atomic E-state index is -0.238. The summed E-state index contributed by atoms with van der Waals surface area (Å²) in [5, 5.41) is 30.5. The molecule has 1 aromatic heterocycles. The topological polar surface area (TPSA) is 95.7 Å². The van der Waals surface area contributed by atoms with Crippen LogP contribution in [0.15, 0.2) is 47.6 Å². The predicted molar refractivity (Wildman–Crippen MR) is 96.0 cm³/mol. The highest BCUT2D eigenvalue weighted by molar-refractivity contribution is 7.71. The molecule has 25 heavy (non-hydrogen) atoms. The summed E-state index contributed by atoms with van der Waals surface area (Å²) < 4.78 is 6.95. The lowest BCUT2D eigenvalue weighted by Crippen LogP contribution is -2.00. The molecule has 3 aromatic rings. The van der Waals surface area contributed by atoms with E-state index in [-0.39, 0.29) is 11.5 Å². The van der Waals surface area contributed by atoms with Crippen molar-refractivity contribution in [1.29, 1.82) is 0 Å². The van der Waals surface area contributed by atoms with Crippen LogP contribution in [0.4, 0.5) is 0 Å². The number of nitrogens with one attached hydrogen (secondary N) is 1. The SMILES string of the molecule is COc1ccc(Cc2n[nH]c(=S)n2/N=C/c2cccc(O)c2O)cc1. The van der Waals surface area contributed by atoms with Gasteiger partial charge in [0, 0.05) is 12.0 Å². The second-order valence-corrected chi connectivity index (χ2v) is 5.63. The van der Waals surface area contributed by atoms with Crippen molar-refractivity contribution in [2.45, 2.75) is 6.42 Å². The molecule has 0 aliphatic heterocycles. The molecule has 0 saturated carbocycles. The highest BCUT2D eigenvalue weighted by atomic mass is 32.1. The van der Waals surface area contributed by atoms with E-state index in [1.54, 1.807) is 19.2 Å². The standard InChI is InChI=1S/C17H16N4O3S/c1-24-13-7-5-11(6-8-13)9-15-19-20-17(25)21(15)18-10-12-3-2-4-14(22)16(12)23/h2-8,10,22-23H,9H2,1H3,(H,20,25)/b18-10+. The van der Waals surface area contributed by atoms with Crippen molar-refractivity contribution in [1.82, 2.24) is 14.9 Å². The van der Waals surface area contributed by atoms with Gasteiger partial charge in [-0.3, -0.25) is 5.10 Å². The van der Waals surface area contributed by atoms with Crippen LogP contribution in [0.25, 0.3) is 0 Å².